The van der Waals surface area contributed by atoms with Crippen molar-refractivity contribution < 1.29 is 4.74 Å². The maximum atomic E-state index is 12.5. The molecule has 2 heterocycles. The maximum Gasteiger partial charge on any atom is 0.263 e. The van der Waals surface area contributed by atoms with Crippen LogP contribution in [0.4, 0.5) is 0 Å². The third-order valence-electron chi connectivity index (χ3n) is 3.18. The van der Waals surface area contributed by atoms with Gasteiger partial charge in [0.1, 0.15) is 23.5 Å². The average molecular weight is 297 g/mol. The molecule has 3 rings (SSSR count). The highest BCUT2D eigenvalue weighted by Gasteiger charge is 2.13. The summed E-state index contributed by atoms with van der Waals surface area (Å²) in [7, 11) is 1.60. The fraction of sp³-hybridized carbons (Fsp3) is 0.133. The van der Waals surface area contributed by atoms with Crippen LogP contribution >= 0.6 is 11.3 Å². The summed E-state index contributed by atoms with van der Waals surface area (Å²) in [6.45, 7) is -0.00479. The van der Waals surface area contributed by atoms with Crippen LogP contribution in [0.25, 0.3) is 21.3 Å². The molecule has 0 radical (unpaired) electrons. The summed E-state index contributed by atoms with van der Waals surface area (Å²) in [6, 6.07) is 9.49. The second kappa shape index (κ2) is 5.38. The lowest BCUT2D eigenvalue weighted by molar-refractivity contribution is 0.415. The van der Waals surface area contributed by atoms with Crippen molar-refractivity contribution in [1.29, 1.82) is 5.26 Å². The van der Waals surface area contributed by atoms with Gasteiger partial charge in [-0.3, -0.25) is 9.36 Å². The van der Waals surface area contributed by atoms with E-state index in [2.05, 4.69) is 4.98 Å². The van der Waals surface area contributed by atoms with Gasteiger partial charge < -0.3 is 4.74 Å². The Hall–Kier alpha value is -2.65. The Morgan fingerprint density at radius 3 is 3.10 bits per heavy atom. The SMILES string of the molecule is COc1cccc(-c2csc3ncn(CC#N)c(=O)c23)c1. The number of benzene rings is 1. The first-order chi connectivity index (χ1) is 10.2. The lowest BCUT2D eigenvalue weighted by Crippen LogP contribution is -2.19. The summed E-state index contributed by atoms with van der Waals surface area (Å²) in [5.41, 5.74) is 1.52. The van der Waals surface area contributed by atoms with E-state index in [9.17, 15) is 4.79 Å². The van der Waals surface area contributed by atoms with E-state index in [0.717, 1.165) is 16.9 Å². The van der Waals surface area contributed by atoms with Crippen LogP contribution in [0.3, 0.4) is 0 Å². The minimum Gasteiger partial charge on any atom is -0.497 e. The molecule has 104 valence electrons. The number of methoxy groups -OCH3 is 1. The molecule has 0 spiro atoms. The largest absolute Gasteiger partial charge is 0.497 e. The van der Waals surface area contributed by atoms with E-state index < -0.39 is 0 Å². The zero-order valence-electron chi connectivity index (χ0n) is 11.2. The highest BCUT2D eigenvalue weighted by atomic mass is 32.1. The molecule has 0 saturated carbocycles. The molecular formula is C15H11N3O2S. The quantitative estimate of drug-likeness (QED) is 0.745. The highest BCUT2D eigenvalue weighted by Crippen LogP contribution is 2.32. The lowest BCUT2D eigenvalue weighted by Gasteiger charge is -2.04. The first-order valence-electron chi connectivity index (χ1n) is 6.22. The van der Waals surface area contributed by atoms with Gasteiger partial charge in [0.05, 0.1) is 18.6 Å². The van der Waals surface area contributed by atoms with Crippen LogP contribution in [0.2, 0.25) is 0 Å². The molecular weight excluding hydrogens is 286 g/mol. The van der Waals surface area contributed by atoms with Gasteiger partial charge in [-0.2, -0.15) is 5.26 Å². The number of nitrogens with zero attached hydrogens (tertiary/aromatic N) is 3. The predicted molar refractivity (Wildman–Crippen MR) is 81.5 cm³/mol. The standard InChI is InChI=1S/C15H11N3O2S/c1-20-11-4-2-3-10(7-11)12-8-21-14-13(12)15(19)18(6-5-16)9-17-14/h2-4,7-9H,6H2,1H3. The van der Waals surface area contributed by atoms with Crippen LogP contribution < -0.4 is 10.3 Å². The van der Waals surface area contributed by atoms with Crippen molar-refractivity contribution >= 4 is 21.6 Å². The number of thiophene rings is 1. The first kappa shape index (κ1) is 13.3. The van der Waals surface area contributed by atoms with Crippen molar-refractivity contribution in [1.82, 2.24) is 9.55 Å². The van der Waals surface area contributed by atoms with E-state index in [-0.39, 0.29) is 12.1 Å². The third kappa shape index (κ3) is 2.28. The monoisotopic (exact) mass is 297 g/mol. The highest BCUT2D eigenvalue weighted by molar-refractivity contribution is 7.17. The Morgan fingerprint density at radius 2 is 2.33 bits per heavy atom. The molecule has 5 nitrogen and oxygen atoms in total. The summed E-state index contributed by atoms with van der Waals surface area (Å²) in [5, 5.41) is 11.2. The van der Waals surface area contributed by atoms with Crippen molar-refractivity contribution in [2.45, 2.75) is 6.54 Å². The van der Waals surface area contributed by atoms with Gasteiger partial charge in [-0.1, -0.05) is 12.1 Å². The molecule has 21 heavy (non-hydrogen) atoms. The summed E-state index contributed by atoms with van der Waals surface area (Å²) in [6.07, 6.45) is 1.42. The molecule has 6 heteroatoms. The molecule has 0 N–H and O–H groups in total. The molecule has 0 bridgehead atoms. The Balaban J connectivity index is 2.26. The minimum absolute atomic E-state index is 0.00479. The van der Waals surface area contributed by atoms with E-state index in [1.54, 1.807) is 7.11 Å². The van der Waals surface area contributed by atoms with Gasteiger partial charge in [0.25, 0.3) is 5.56 Å². The number of rotatable bonds is 3. The van der Waals surface area contributed by atoms with Gasteiger partial charge >= 0.3 is 0 Å². The first-order valence-corrected chi connectivity index (χ1v) is 7.10. The number of ether oxygens (including phenoxy) is 1. The normalized spacial score (nSPS) is 10.5. The zero-order chi connectivity index (χ0) is 14.8. The number of hydrogen-bond acceptors (Lipinski definition) is 5. The van der Waals surface area contributed by atoms with Crippen molar-refractivity contribution in [3.8, 4) is 22.9 Å². The van der Waals surface area contributed by atoms with Crippen LogP contribution in [-0.4, -0.2) is 16.7 Å². The number of aromatic nitrogens is 2. The Kier molecular flexibility index (Phi) is 3.42. The van der Waals surface area contributed by atoms with Crippen molar-refractivity contribution in [2.75, 3.05) is 7.11 Å². The molecule has 0 aliphatic carbocycles. The van der Waals surface area contributed by atoms with Crippen molar-refractivity contribution in [3.63, 3.8) is 0 Å². The van der Waals surface area contributed by atoms with Gasteiger partial charge in [-0.25, -0.2) is 4.98 Å². The summed E-state index contributed by atoms with van der Waals surface area (Å²) in [4.78, 5) is 17.4. The van der Waals surface area contributed by atoms with Crippen molar-refractivity contribution in [3.05, 3.63) is 46.3 Å². The number of hydrogen-bond donors (Lipinski definition) is 0. The van der Waals surface area contributed by atoms with E-state index in [1.165, 1.54) is 22.2 Å². The molecule has 1 aromatic carbocycles. The van der Waals surface area contributed by atoms with Crippen molar-refractivity contribution in [2.24, 2.45) is 0 Å². The topological polar surface area (TPSA) is 67.9 Å². The van der Waals surface area contributed by atoms with E-state index >= 15 is 0 Å². The van der Waals surface area contributed by atoms with Gasteiger partial charge in [0.2, 0.25) is 0 Å². The maximum absolute atomic E-state index is 12.5. The fourth-order valence-corrected chi connectivity index (χ4v) is 3.07. The Morgan fingerprint density at radius 1 is 1.48 bits per heavy atom. The number of nitriles is 1. The fourth-order valence-electron chi connectivity index (χ4n) is 2.16. The molecule has 0 amide bonds. The van der Waals surface area contributed by atoms with Gasteiger partial charge in [-0.05, 0) is 17.7 Å². The Bertz CT molecular complexity index is 905. The molecule has 0 fully saturated rings. The average Bonchev–Trinajstić information content (AvgIpc) is 2.95. The van der Waals surface area contributed by atoms with Crippen LogP contribution in [0.5, 0.6) is 5.75 Å². The van der Waals surface area contributed by atoms with E-state index in [4.69, 9.17) is 10.00 Å². The summed E-state index contributed by atoms with van der Waals surface area (Å²) in [5.74, 6) is 0.730. The molecule has 0 atom stereocenters. The second-order valence-corrected chi connectivity index (χ2v) is 5.26. The molecule has 0 aliphatic heterocycles. The van der Waals surface area contributed by atoms with Gasteiger partial charge in [0.15, 0.2) is 0 Å². The van der Waals surface area contributed by atoms with Gasteiger partial charge in [0, 0.05) is 10.9 Å². The van der Waals surface area contributed by atoms with Crippen LogP contribution in [0.15, 0.2) is 40.8 Å². The summed E-state index contributed by atoms with van der Waals surface area (Å²) < 4.78 is 6.54. The number of fused-ring (bicyclic) bond motifs is 1. The molecule has 2 aromatic heterocycles. The van der Waals surface area contributed by atoms with Crippen LogP contribution in [-0.2, 0) is 6.54 Å². The summed E-state index contributed by atoms with van der Waals surface area (Å²) >= 11 is 1.42. The molecule has 0 saturated heterocycles. The van der Waals surface area contributed by atoms with Crippen LogP contribution in [0, 0.1) is 11.3 Å². The van der Waals surface area contributed by atoms with E-state index in [0.29, 0.717) is 10.2 Å². The Labute approximate surface area is 124 Å². The molecule has 0 unspecified atom stereocenters. The molecule has 3 aromatic rings. The van der Waals surface area contributed by atoms with E-state index in [1.807, 2.05) is 35.7 Å². The zero-order valence-corrected chi connectivity index (χ0v) is 12.1. The smallest absolute Gasteiger partial charge is 0.263 e. The van der Waals surface area contributed by atoms with Gasteiger partial charge in [-0.15, -0.1) is 11.3 Å². The minimum atomic E-state index is -0.194. The molecule has 0 aliphatic rings. The lowest BCUT2D eigenvalue weighted by atomic mass is 10.1. The predicted octanol–water partition coefficient (Wildman–Crippen LogP) is 2.66. The van der Waals surface area contributed by atoms with Crippen LogP contribution in [0.1, 0.15) is 0 Å². The third-order valence-corrected chi connectivity index (χ3v) is 4.07. The second-order valence-electron chi connectivity index (χ2n) is 4.40.